The molecule has 0 spiro atoms. The van der Waals surface area contributed by atoms with E-state index >= 15 is 0 Å². The lowest BCUT2D eigenvalue weighted by atomic mass is 10.1. The average molecular weight is 321 g/mol. The molecule has 1 aromatic heterocycles. The molecule has 130 valence electrons. The molecule has 1 aromatic rings. The highest BCUT2D eigenvalue weighted by Gasteiger charge is 2.24. The molecule has 1 N–H and O–H groups in total. The van der Waals surface area contributed by atoms with Crippen molar-refractivity contribution in [3.63, 3.8) is 0 Å². The van der Waals surface area contributed by atoms with Crippen molar-refractivity contribution in [3.05, 3.63) is 17.5 Å². The zero-order valence-corrected chi connectivity index (χ0v) is 15.0. The van der Waals surface area contributed by atoms with E-state index in [4.69, 9.17) is 5.10 Å². The van der Waals surface area contributed by atoms with Crippen LogP contribution in [0, 0.1) is 5.92 Å². The lowest BCUT2D eigenvalue weighted by molar-refractivity contribution is -0.136. The molecule has 3 rings (SSSR count). The van der Waals surface area contributed by atoms with Crippen LogP contribution in [0.2, 0.25) is 0 Å². The van der Waals surface area contributed by atoms with E-state index in [1.807, 2.05) is 32.6 Å². The third-order valence-corrected chi connectivity index (χ3v) is 4.25. The molecular weight excluding hydrogens is 290 g/mol. The number of piperazine rings is 1. The molecule has 0 bridgehead atoms. The monoisotopic (exact) mass is 321 g/mol. The minimum atomic E-state index is 0.0693. The molecule has 0 radical (unpaired) electrons. The predicted molar refractivity (Wildman–Crippen MR) is 92.0 cm³/mol. The Morgan fingerprint density at radius 1 is 1.22 bits per heavy atom. The van der Waals surface area contributed by atoms with E-state index < -0.39 is 0 Å². The maximum Gasteiger partial charge on any atom is 0.225 e. The van der Waals surface area contributed by atoms with Crippen LogP contribution < -0.4 is 5.32 Å². The number of hydrogen-bond donors (Lipinski definition) is 1. The molecular formula is C17H31N5O. The number of fused-ring (bicyclic) bond motifs is 1. The Morgan fingerprint density at radius 3 is 2.57 bits per heavy atom. The van der Waals surface area contributed by atoms with E-state index in [0.29, 0.717) is 6.54 Å². The van der Waals surface area contributed by atoms with Crippen molar-refractivity contribution < 1.29 is 4.79 Å². The number of hydrogen-bond acceptors (Lipinski definition) is 4. The molecule has 1 saturated heterocycles. The van der Waals surface area contributed by atoms with Crippen LogP contribution in [0.25, 0.3) is 0 Å². The van der Waals surface area contributed by atoms with Gasteiger partial charge in [-0.25, -0.2) is 0 Å². The van der Waals surface area contributed by atoms with E-state index in [-0.39, 0.29) is 11.8 Å². The van der Waals surface area contributed by atoms with Gasteiger partial charge in [0, 0.05) is 45.2 Å². The van der Waals surface area contributed by atoms with Crippen LogP contribution in [0.15, 0.2) is 6.07 Å². The molecule has 0 atom stereocenters. The van der Waals surface area contributed by atoms with Crippen LogP contribution in [0.5, 0.6) is 0 Å². The number of carbonyl (C=O) groups excluding carboxylic acids is 1. The highest BCUT2D eigenvalue weighted by atomic mass is 16.2. The highest BCUT2D eigenvalue weighted by molar-refractivity contribution is 5.78. The summed E-state index contributed by atoms with van der Waals surface area (Å²) in [4.78, 5) is 16.5. The second-order valence-corrected chi connectivity index (χ2v) is 6.29. The molecule has 0 unspecified atom stereocenters. The second kappa shape index (κ2) is 8.45. The second-order valence-electron chi connectivity index (χ2n) is 6.29. The van der Waals surface area contributed by atoms with Gasteiger partial charge in [0.25, 0.3) is 0 Å². The third-order valence-electron chi connectivity index (χ3n) is 4.25. The molecule has 2 aliphatic heterocycles. The Labute approximate surface area is 139 Å². The summed E-state index contributed by atoms with van der Waals surface area (Å²) in [7, 11) is 0. The molecule has 2 aliphatic rings. The molecule has 3 heterocycles. The van der Waals surface area contributed by atoms with Crippen LogP contribution in [0.4, 0.5) is 0 Å². The molecule has 6 nitrogen and oxygen atoms in total. The normalized spacial score (nSPS) is 18.4. The maximum absolute atomic E-state index is 12.1. The summed E-state index contributed by atoms with van der Waals surface area (Å²) in [6, 6.07) is 2.17. The van der Waals surface area contributed by atoms with Crippen molar-refractivity contribution in [1.29, 1.82) is 0 Å². The number of aromatic nitrogens is 2. The third kappa shape index (κ3) is 4.54. The van der Waals surface area contributed by atoms with Gasteiger partial charge in [-0.1, -0.05) is 27.7 Å². The summed E-state index contributed by atoms with van der Waals surface area (Å²) in [6.07, 6.45) is 0. The molecule has 0 aromatic carbocycles. The summed E-state index contributed by atoms with van der Waals surface area (Å²) in [6.45, 7) is 15.4. The highest BCUT2D eigenvalue weighted by Crippen LogP contribution is 2.17. The van der Waals surface area contributed by atoms with E-state index in [2.05, 4.69) is 21.0 Å². The standard InChI is InChI=1S/C15H25N5O.C2H6/c1-12(2)15(21)19-7-8-20-14(11-19)9-13(17-20)10-18-5-3-16-4-6-18;1-2/h9,12,16H,3-8,10-11H2,1-2H3;1-2H3. The van der Waals surface area contributed by atoms with Crippen molar-refractivity contribution >= 4 is 5.91 Å². The zero-order valence-electron chi connectivity index (χ0n) is 15.0. The topological polar surface area (TPSA) is 53.4 Å². The summed E-state index contributed by atoms with van der Waals surface area (Å²) in [5.41, 5.74) is 2.30. The number of rotatable bonds is 3. The summed E-state index contributed by atoms with van der Waals surface area (Å²) >= 11 is 0. The van der Waals surface area contributed by atoms with Gasteiger partial charge in [0.1, 0.15) is 0 Å². The molecule has 6 heteroatoms. The van der Waals surface area contributed by atoms with Gasteiger partial charge in [-0.2, -0.15) is 5.10 Å². The van der Waals surface area contributed by atoms with Crippen molar-refractivity contribution in [2.75, 3.05) is 32.7 Å². The predicted octanol–water partition coefficient (Wildman–Crippen LogP) is 1.31. The Kier molecular flexibility index (Phi) is 6.59. The van der Waals surface area contributed by atoms with Gasteiger partial charge < -0.3 is 10.2 Å². The Hall–Kier alpha value is -1.40. The molecule has 1 amide bonds. The first-order valence-electron chi connectivity index (χ1n) is 8.91. The fourth-order valence-electron chi connectivity index (χ4n) is 3.05. The van der Waals surface area contributed by atoms with Crippen LogP contribution in [-0.2, 0) is 24.4 Å². The minimum Gasteiger partial charge on any atom is -0.335 e. The van der Waals surface area contributed by atoms with Crippen molar-refractivity contribution in [2.24, 2.45) is 5.92 Å². The van der Waals surface area contributed by atoms with Gasteiger partial charge in [0.05, 0.1) is 24.5 Å². The largest absolute Gasteiger partial charge is 0.335 e. The Balaban J connectivity index is 0.000000924. The molecule has 1 fully saturated rings. The summed E-state index contributed by atoms with van der Waals surface area (Å²) < 4.78 is 2.07. The number of nitrogens with zero attached hydrogens (tertiary/aromatic N) is 4. The quantitative estimate of drug-likeness (QED) is 0.912. The van der Waals surface area contributed by atoms with Crippen LogP contribution in [-0.4, -0.2) is 58.2 Å². The van der Waals surface area contributed by atoms with E-state index in [1.165, 1.54) is 5.69 Å². The lowest BCUT2D eigenvalue weighted by Gasteiger charge is -2.29. The average Bonchev–Trinajstić information content (AvgIpc) is 2.98. The SMILES string of the molecule is CC.CC(C)C(=O)N1CCn2nc(CN3CCNCC3)cc2C1. The number of nitrogens with one attached hydrogen (secondary N) is 1. The fourth-order valence-corrected chi connectivity index (χ4v) is 3.05. The van der Waals surface area contributed by atoms with Crippen LogP contribution >= 0.6 is 0 Å². The van der Waals surface area contributed by atoms with Crippen molar-refractivity contribution in [3.8, 4) is 0 Å². The molecule has 0 aliphatic carbocycles. The summed E-state index contributed by atoms with van der Waals surface area (Å²) in [5.74, 6) is 0.311. The molecule has 23 heavy (non-hydrogen) atoms. The molecule has 0 saturated carbocycles. The number of carbonyl (C=O) groups is 1. The van der Waals surface area contributed by atoms with Crippen molar-refractivity contribution in [2.45, 2.75) is 47.3 Å². The van der Waals surface area contributed by atoms with Crippen molar-refractivity contribution in [1.82, 2.24) is 24.9 Å². The Bertz CT molecular complexity index is 505. The van der Waals surface area contributed by atoms with Crippen LogP contribution in [0.1, 0.15) is 39.1 Å². The maximum atomic E-state index is 12.1. The van der Waals surface area contributed by atoms with Gasteiger partial charge in [-0.05, 0) is 6.07 Å². The van der Waals surface area contributed by atoms with E-state index in [0.717, 1.165) is 51.5 Å². The zero-order chi connectivity index (χ0) is 16.8. The first-order valence-corrected chi connectivity index (χ1v) is 8.91. The first kappa shape index (κ1) is 17.9. The Morgan fingerprint density at radius 2 is 1.91 bits per heavy atom. The minimum absolute atomic E-state index is 0.0693. The summed E-state index contributed by atoms with van der Waals surface area (Å²) in [5, 5.41) is 8.07. The smallest absolute Gasteiger partial charge is 0.225 e. The first-order chi connectivity index (χ1) is 11.1. The van der Waals surface area contributed by atoms with Gasteiger partial charge in [0.2, 0.25) is 5.91 Å². The lowest BCUT2D eigenvalue weighted by Crippen LogP contribution is -2.43. The van der Waals surface area contributed by atoms with Gasteiger partial charge in [0.15, 0.2) is 0 Å². The van der Waals surface area contributed by atoms with Gasteiger partial charge in [-0.15, -0.1) is 0 Å². The van der Waals surface area contributed by atoms with Gasteiger partial charge >= 0.3 is 0 Å². The van der Waals surface area contributed by atoms with E-state index in [1.54, 1.807) is 0 Å². The van der Waals surface area contributed by atoms with E-state index in [9.17, 15) is 4.79 Å². The fraction of sp³-hybridized carbons (Fsp3) is 0.765. The number of amides is 1. The van der Waals surface area contributed by atoms with Crippen LogP contribution in [0.3, 0.4) is 0 Å². The van der Waals surface area contributed by atoms with Gasteiger partial charge in [-0.3, -0.25) is 14.4 Å².